The number of benzene rings is 2. The molecule has 2 aromatic carbocycles. The average molecular weight is 296 g/mol. The second-order valence-corrected chi connectivity index (χ2v) is 5.82. The Morgan fingerprint density at radius 1 is 1.24 bits per heavy atom. The minimum absolute atomic E-state index is 0.0373. The first-order valence-corrected chi connectivity index (χ1v) is 7.65. The van der Waals surface area contributed by atoms with Gasteiger partial charge in [-0.3, -0.25) is 4.79 Å². The Balaban J connectivity index is 1.79. The molecular weight excluding hydrogens is 280 g/mol. The van der Waals surface area contributed by atoms with E-state index in [0.29, 0.717) is 17.7 Å². The number of hydrogen-bond donors (Lipinski definition) is 1. The Hall–Kier alpha value is -2.25. The number of carbonyl (C=O) groups is 1. The average Bonchev–Trinajstić information content (AvgIpc) is 2.49. The fraction of sp³-hybridized carbons (Fsp3) is 0.176. The van der Waals surface area contributed by atoms with Gasteiger partial charge in [-0.1, -0.05) is 23.8 Å². The minimum atomic E-state index is -0.0373. The number of thioether (sulfide) groups is 1. The van der Waals surface area contributed by atoms with Gasteiger partial charge in [0.2, 0.25) is 5.91 Å². The second-order valence-electron chi connectivity index (χ2n) is 4.65. The van der Waals surface area contributed by atoms with Crippen LogP contribution in [0.3, 0.4) is 0 Å². The molecule has 0 bridgehead atoms. The van der Waals surface area contributed by atoms with Gasteiger partial charge >= 0.3 is 0 Å². The maximum absolute atomic E-state index is 11.8. The number of nitrogens with zero attached hydrogens (tertiary/aromatic N) is 1. The Kier molecular flexibility index (Phi) is 5.42. The van der Waals surface area contributed by atoms with E-state index in [-0.39, 0.29) is 5.91 Å². The van der Waals surface area contributed by atoms with Crippen LogP contribution in [-0.2, 0) is 4.79 Å². The molecule has 0 aliphatic carbocycles. The molecule has 0 aliphatic heterocycles. The van der Waals surface area contributed by atoms with Crippen molar-refractivity contribution < 1.29 is 4.79 Å². The molecule has 0 aromatic heterocycles. The lowest BCUT2D eigenvalue weighted by Crippen LogP contribution is -2.12. The SMILES string of the molecule is Cc1ccc(SCCC(=O)Nc2cccc(C#N)c2)cc1. The Bertz CT molecular complexity index is 659. The summed E-state index contributed by atoms with van der Waals surface area (Å²) in [7, 11) is 0. The third kappa shape index (κ3) is 4.97. The molecule has 106 valence electrons. The lowest BCUT2D eigenvalue weighted by atomic mass is 10.2. The summed E-state index contributed by atoms with van der Waals surface area (Å²) >= 11 is 1.66. The third-order valence-corrected chi connectivity index (χ3v) is 3.91. The predicted molar refractivity (Wildman–Crippen MR) is 86.3 cm³/mol. The Morgan fingerprint density at radius 3 is 2.71 bits per heavy atom. The molecule has 1 N–H and O–H groups in total. The zero-order valence-electron chi connectivity index (χ0n) is 11.8. The number of nitrogens with one attached hydrogen (secondary N) is 1. The highest BCUT2D eigenvalue weighted by Gasteiger charge is 2.03. The van der Waals surface area contributed by atoms with E-state index in [1.54, 1.807) is 36.0 Å². The quantitative estimate of drug-likeness (QED) is 0.849. The fourth-order valence-electron chi connectivity index (χ4n) is 1.79. The molecule has 0 atom stereocenters. The molecule has 3 nitrogen and oxygen atoms in total. The first kappa shape index (κ1) is 15.1. The van der Waals surface area contributed by atoms with Crippen molar-refractivity contribution in [3.05, 3.63) is 59.7 Å². The van der Waals surface area contributed by atoms with E-state index < -0.39 is 0 Å². The van der Waals surface area contributed by atoms with E-state index in [0.717, 1.165) is 5.75 Å². The molecule has 1 amide bonds. The van der Waals surface area contributed by atoms with Gasteiger partial charge in [-0.05, 0) is 37.3 Å². The summed E-state index contributed by atoms with van der Waals surface area (Å²) in [6.07, 6.45) is 0.440. The molecule has 2 aromatic rings. The number of nitriles is 1. The molecule has 0 aliphatic rings. The topological polar surface area (TPSA) is 52.9 Å². The highest BCUT2D eigenvalue weighted by atomic mass is 32.2. The first-order chi connectivity index (χ1) is 10.2. The van der Waals surface area contributed by atoms with Gasteiger partial charge in [0.05, 0.1) is 11.6 Å². The van der Waals surface area contributed by atoms with Gasteiger partial charge in [0.1, 0.15) is 0 Å². The molecule has 0 saturated heterocycles. The van der Waals surface area contributed by atoms with Crippen molar-refractivity contribution in [3.8, 4) is 6.07 Å². The maximum atomic E-state index is 11.8. The summed E-state index contributed by atoms with van der Waals surface area (Å²) < 4.78 is 0. The van der Waals surface area contributed by atoms with Crippen LogP contribution >= 0.6 is 11.8 Å². The highest BCUT2D eigenvalue weighted by molar-refractivity contribution is 7.99. The van der Waals surface area contributed by atoms with E-state index in [1.807, 2.05) is 0 Å². The summed E-state index contributed by atoms with van der Waals surface area (Å²) in [6.45, 7) is 2.05. The van der Waals surface area contributed by atoms with Crippen molar-refractivity contribution >= 4 is 23.4 Å². The van der Waals surface area contributed by atoms with E-state index >= 15 is 0 Å². The van der Waals surface area contributed by atoms with Crippen molar-refractivity contribution in [2.75, 3.05) is 11.1 Å². The van der Waals surface area contributed by atoms with Crippen LogP contribution in [-0.4, -0.2) is 11.7 Å². The van der Waals surface area contributed by atoms with Gasteiger partial charge in [-0.25, -0.2) is 0 Å². The summed E-state index contributed by atoms with van der Waals surface area (Å²) in [5.41, 5.74) is 2.44. The minimum Gasteiger partial charge on any atom is -0.326 e. The number of anilines is 1. The normalized spacial score (nSPS) is 9.90. The lowest BCUT2D eigenvalue weighted by molar-refractivity contribution is -0.115. The molecule has 0 unspecified atom stereocenters. The largest absolute Gasteiger partial charge is 0.326 e. The van der Waals surface area contributed by atoms with Crippen LogP contribution < -0.4 is 5.32 Å². The number of amides is 1. The lowest BCUT2D eigenvalue weighted by Gasteiger charge is -2.05. The van der Waals surface area contributed by atoms with Crippen molar-refractivity contribution in [1.82, 2.24) is 0 Å². The summed E-state index contributed by atoms with van der Waals surface area (Å²) in [4.78, 5) is 13.0. The van der Waals surface area contributed by atoms with Crippen molar-refractivity contribution in [2.45, 2.75) is 18.2 Å². The molecule has 0 radical (unpaired) electrons. The smallest absolute Gasteiger partial charge is 0.225 e. The van der Waals surface area contributed by atoms with Crippen molar-refractivity contribution in [2.24, 2.45) is 0 Å². The molecule has 0 saturated carbocycles. The maximum Gasteiger partial charge on any atom is 0.225 e. The van der Waals surface area contributed by atoms with E-state index in [9.17, 15) is 4.79 Å². The second kappa shape index (κ2) is 7.51. The van der Waals surface area contributed by atoms with Gasteiger partial charge in [0.25, 0.3) is 0 Å². The molecule has 0 heterocycles. The summed E-state index contributed by atoms with van der Waals surface area (Å²) in [6, 6.07) is 17.2. The van der Waals surface area contributed by atoms with Gasteiger partial charge in [-0.15, -0.1) is 11.8 Å². The monoisotopic (exact) mass is 296 g/mol. The third-order valence-electron chi connectivity index (χ3n) is 2.89. The molecule has 0 spiro atoms. The highest BCUT2D eigenvalue weighted by Crippen LogP contribution is 2.19. The van der Waals surface area contributed by atoms with Crippen LogP contribution in [0.25, 0.3) is 0 Å². The fourth-order valence-corrected chi connectivity index (χ4v) is 2.64. The summed E-state index contributed by atoms with van der Waals surface area (Å²) in [5, 5.41) is 11.6. The van der Waals surface area contributed by atoms with Gasteiger partial charge < -0.3 is 5.32 Å². The molecule has 4 heteroatoms. The van der Waals surface area contributed by atoms with E-state index in [2.05, 4.69) is 42.6 Å². The van der Waals surface area contributed by atoms with Crippen LogP contribution in [0, 0.1) is 18.3 Å². The number of carbonyl (C=O) groups excluding carboxylic acids is 1. The zero-order valence-corrected chi connectivity index (χ0v) is 12.6. The van der Waals surface area contributed by atoms with Crippen LogP contribution in [0.4, 0.5) is 5.69 Å². The Labute approximate surface area is 129 Å². The number of aryl methyl sites for hydroxylation is 1. The van der Waals surface area contributed by atoms with Crippen molar-refractivity contribution in [3.63, 3.8) is 0 Å². The molecule has 2 rings (SSSR count). The molecule has 0 fully saturated rings. The predicted octanol–water partition coefficient (Wildman–Crippen LogP) is 3.99. The van der Waals surface area contributed by atoms with Gasteiger partial charge in [0.15, 0.2) is 0 Å². The zero-order chi connectivity index (χ0) is 15.1. The summed E-state index contributed by atoms with van der Waals surface area (Å²) in [5.74, 6) is 0.692. The van der Waals surface area contributed by atoms with Crippen molar-refractivity contribution in [1.29, 1.82) is 5.26 Å². The van der Waals surface area contributed by atoms with E-state index in [4.69, 9.17) is 5.26 Å². The van der Waals surface area contributed by atoms with Crippen LogP contribution in [0.5, 0.6) is 0 Å². The number of rotatable bonds is 5. The van der Waals surface area contributed by atoms with Crippen LogP contribution in [0.2, 0.25) is 0 Å². The molecule has 21 heavy (non-hydrogen) atoms. The van der Waals surface area contributed by atoms with E-state index in [1.165, 1.54) is 10.5 Å². The number of hydrogen-bond acceptors (Lipinski definition) is 3. The Morgan fingerprint density at radius 2 is 2.00 bits per heavy atom. The van der Waals surface area contributed by atoms with Crippen LogP contribution in [0.1, 0.15) is 17.5 Å². The van der Waals surface area contributed by atoms with Gasteiger partial charge in [0, 0.05) is 22.8 Å². The van der Waals surface area contributed by atoms with Crippen LogP contribution in [0.15, 0.2) is 53.4 Å². The van der Waals surface area contributed by atoms with Gasteiger partial charge in [-0.2, -0.15) is 5.26 Å². The standard InChI is InChI=1S/C17H16N2OS/c1-13-5-7-16(8-6-13)21-10-9-17(20)19-15-4-2-3-14(11-15)12-18/h2-8,11H,9-10H2,1H3,(H,19,20). The first-order valence-electron chi connectivity index (χ1n) is 6.67. The molecular formula is C17H16N2OS.